The molecular formula is C17H15ClN2O4. The lowest BCUT2D eigenvalue weighted by atomic mass is 9.96. The third kappa shape index (κ3) is 3.33. The van der Waals surface area contributed by atoms with Gasteiger partial charge in [0.05, 0.1) is 10.8 Å². The summed E-state index contributed by atoms with van der Waals surface area (Å²) < 4.78 is 5.62. The first-order valence-electron chi connectivity index (χ1n) is 7.41. The number of rotatable bonds is 3. The number of non-ortho nitro benzene ring substituents is 1. The molecule has 124 valence electrons. The lowest BCUT2D eigenvalue weighted by Gasteiger charge is -2.25. The van der Waals surface area contributed by atoms with Crippen molar-refractivity contribution in [2.45, 2.75) is 13.3 Å². The summed E-state index contributed by atoms with van der Waals surface area (Å²) in [6.07, 6.45) is 0.535. The molecule has 1 amide bonds. The number of nitrogens with one attached hydrogen (secondary N) is 1. The Bertz CT molecular complexity index is 822. The molecule has 1 aliphatic heterocycles. The molecule has 7 heteroatoms. The molecule has 6 nitrogen and oxygen atoms in total. The van der Waals surface area contributed by atoms with E-state index in [1.807, 2.05) is 0 Å². The van der Waals surface area contributed by atoms with Crippen LogP contribution < -0.4 is 10.1 Å². The quantitative estimate of drug-likeness (QED) is 0.678. The Morgan fingerprint density at radius 2 is 2.12 bits per heavy atom. The molecular weight excluding hydrogens is 332 g/mol. The first-order chi connectivity index (χ1) is 11.4. The first-order valence-corrected chi connectivity index (χ1v) is 7.79. The number of aryl methyl sites for hydroxylation is 1. The van der Waals surface area contributed by atoms with Crippen LogP contribution in [0.4, 0.5) is 11.4 Å². The maximum atomic E-state index is 12.5. The number of nitro benzene ring substituents is 1. The van der Waals surface area contributed by atoms with Crippen molar-refractivity contribution >= 4 is 28.9 Å². The molecule has 24 heavy (non-hydrogen) atoms. The number of hydrogen-bond acceptors (Lipinski definition) is 4. The normalized spacial score (nSPS) is 16.0. The second-order valence-corrected chi connectivity index (χ2v) is 6.15. The summed E-state index contributed by atoms with van der Waals surface area (Å²) in [5.41, 5.74) is 2.09. The third-order valence-corrected chi connectivity index (χ3v) is 4.21. The number of nitro groups is 1. The molecule has 2 aromatic rings. The summed E-state index contributed by atoms with van der Waals surface area (Å²) in [4.78, 5) is 22.8. The molecule has 0 fully saturated rings. The van der Waals surface area contributed by atoms with E-state index >= 15 is 0 Å². The summed E-state index contributed by atoms with van der Waals surface area (Å²) in [6, 6.07) is 9.69. The fourth-order valence-corrected chi connectivity index (χ4v) is 2.86. The zero-order chi connectivity index (χ0) is 17.3. The van der Waals surface area contributed by atoms with Gasteiger partial charge in [-0.15, -0.1) is 0 Å². The molecule has 1 atom stereocenters. The number of fused-ring (bicyclic) bond motifs is 1. The summed E-state index contributed by atoms with van der Waals surface area (Å²) in [7, 11) is 0. The van der Waals surface area contributed by atoms with Crippen molar-refractivity contribution in [2.24, 2.45) is 5.92 Å². The predicted molar refractivity (Wildman–Crippen MR) is 90.6 cm³/mol. The minimum Gasteiger partial charge on any atom is -0.492 e. The Morgan fingerprint density at radius 1 is 1.33 bits per heavy atom. The fourth-order valence-electron chi connectivity index (χ4n) is 2.67. The summed E-state index contributed by atoms with van der Waals surface area (Å²) >= 11 is 5.98. The second-order valence-electron chi connectivity index (χ2n) is 5.71. The Balaban J connectivity index is 1.73. The van der Waals surface area contributed by atoms with E-state index in [1.54, 1.807) is 31.2 Å². The van der Waals surface area contributed by atoms with Crippen molar-refractivity contribution in [3.63, 3.8) is 0 Å². The lowest BCUT2D eigenvalue weighted by molar-refractivity contribution is -0.384. The Hall–Kier alpha value is -2.60. The number of anilines is 1. The number of amides is 1. The van der Waals surface area contributed by atoms with Crippen molar-refractivity contribution < 1.29 is 14.5 Å². The van der Waals surface area contributed by atoms with Gasteiger partial charge in [0.1, 0.15) is 12.4 Å². The van der Waals surface area contributed by atoms with E-state index in [9.17, 15) is 14.9 Å². The standard InChI is InChI=1S/C17H15ClN2O4/c1-10-6-14(20(22)23)3-4-15(10)19-17(21)12-7-11-8-13(18)2-5-16(11)24-9-12/h2-6,8,12H,7,9H2,1H3,(H,19,21)/t12-/m0/s1. The second kappa shape index (κ2) is 6.49. The van der Waals surface area contributed by atoms with Crippen molar-refractivity contribution in [3.8, 4) is 5.75 Å². The van der Waals surface area contributed by atoms with Crippen LogP contribution >= 0.6 is 11.6 Å². The Labute approximate surface area is 143 Å². The van der Waals surface area contributed by atoms with E-state index in [1.165, 1.54) is 12.1 Å². The highest BCUT2D eigenvalue weighted by atomic mass is 35.5. The molecule has 0 aromatic heterocycles. The van der Waals surface area contributed by atoms with Gasteiger partial charge in [-0.1, -0.05) is 11.6 Å². The van der Waals surface area contributed by atoms with Crippen LogP contribution in [0, 0.1) is 23.0 Å². The summed E-state index contributed by atoms with van der Waals surface area (Å²) in [6.45, 7) is 2.00. The van der Waals surface area contributed by atoms with Gasteiger partial charge in [0.25, 0.3) is 5.69 Å². The topological polar surface area (TPSA) is 81.5 Å². The number of nitrogens with zero attached hydrogens (tertiary/aromatic N) is 1. The molecule has 3 rings (SSSR count). The lowest BCUT2D eigenvalue weighted by Crippen LogP contribution is -2.32. The predicted octanol–water partition coefficient (Wildman–Crippen LogP) is 3.75. The smallest absolute Gasteiger partial charge is 0.269 e. The van der Waals surface area contributed by atoms with Crippen LogP contribution in [-0.2, 0) is 11.2 Å². The number of hydrogen-bond donors (Lipinski definition) is 1. The van der Waals surface area contributed by atoms with E-state index in [4.69, 9.17) is 16.3 Å². The summed E-state index contributed by atoms with van der Waals surface area (Å²) in [5.74, 6) is 0.220. The van der Waals surface area contributed by atoms with Crippen LogP contribution in [-0.4, -0.2) is 17.4 Å². The minimum atomic E-state index is -0.464. The van der Waals surface area contributed by atoms with Crippen LogP contribution in [0.1, 0.15) is 11.1 Å². The Kier molecular flexibility index (Phi) is 4.40. The third-order valence-electron chi connectivity index (χ3n) is 3.98. The molecule has 0 spiro atoms. The van der Waals surface area contributed by atoms with Crippen LogP contribution in [0.2, 0.25) is 5.02 Å². The maximum Gasteiger partial charge on any atom is 0.269 e. The molecule has 1 heterocycles. The molecule has 1 N–H and O–H groups in total. The molecule has 0 radical (unpaired) electrons. The molecule has 0 bridgehead atoms. The van der Waals surface area contributed by atoms with Gasteiger partial charge in [-0.25, -0.2) is 0 Å². The van der Waals surface area contributed by atoms with Crippen LogP contribution in [0.5, 0.6) is 5.75 Å². The largest absolute Gasteiger partial charge is 0.492 e. The molecule has 0 unspecified atom stereocenters. The number of halogens is 1. The zero-order valence-corrected chi connectivity index (χ0v) is 13.7. The molecule has 1 aliphatic rings. The van der Waals surface area contributed by atoms with E-state index in [2.05, 4.69) is 5.32 Å². The number of ether oxygens (including phenoxy) is 1. The van der Waals surface area contributed by atoms with Crippen molar-refractivity contribution in [1.82, 2.24) is 0 Å². The number of benzene rings is 2. The van der Waals surface area contributed by atoms with Crippen molar-refractivity contribution in [1.29, 1.82) is 0 Å². The van der Waals surface area contributed by atoms with Gasteiger partial charge < -0.3 is 10.1 Å². The van der Waals surface area contributed by atoms with Gasteiger partial charge in [-0.05, 0) is 48.7 Å². The highest BCUT2D eigenvalue weighted by Crippen LogP contribution is 2.30. The first kappa shape index (κ1) is 16.3. The monoisotopic (exact) mass is 346 g/mol. The van der Waals surface area contributed by atoms with Gasteiger partial charge in [0.2, 0.25) is 5.91 Å². The fraction of sp³-hybridized carbons (Fsp3) is 0.235. The van der Waals surface area contributed by atoms with Crippen LogP contribution in [0.25, 0.3) is 0 Å². The van der Waals surface area contributed by atoms with Gasteiger partial charge in [0.15, 0.2) is 0 Å². The van der Waals surface area contributed by atoms with E-state index in [0.29, 0.717) is 22.7 Å². The SMILES string of the molecule is Cc1cc([N+](=O)[O-])ccc1NC(=O)[C@@H]1COc2ccc(Cl)cc2C1. The molecule has 0 saturated heterocycles. The minimum absolute atomic E-state index is 0.00457. The molecule has 2 aromatic carbocycles. The van der Waals surface area contributed by atoms with Crippen LogP contribution in [0.15, 0.2) is 36.4 Å². The van der Waals surface area contributed by atoms with Gasteiger partial charge >= 0.3 is 0 Å². The van der Waals surface area contributed by atoms with E-state index < -0.39 is 4.92 Å². The van der Waals surface area contributed by atoms with Gasteiger partial charge in [-0.2, -0.15) is 0 Å². The number of carbonyl (C=O) groups excluding carboxylic acids is 1. The maximum absolute atomic E-state index is 12.5. The Morgan fingerprint density at radius 3 is 2.83 bits per heavy atom. The highest BCUT2D eigenvalue weighted by Gasteiger charge is 2.26. The summed E-state index contributed by atoms with van der Waals surface area (Å²) in [5, 5.41) is 14.2. The molecule has 0 saturated carbocycles. The zero-order valence-electron chi connectivity index (χ0n) is 12.9. The van der Waals surface area contributed by atoms with Crippen molar-refractivity contribution in [2.75, 3.05) is 11.9 Å². The average Bonchev–Trinajstić information content (AvgIpc) is 2.55. The average molecular weight is 347 g/mol. The van der Waals surface area contributed by atoms with E-state index in [0.717, 1.165) is 11.3 Å². The number of carbonyl (C=O) groups is 1. The highest BCUT2D eigenvalue weighted by molar-refractivity contribution is 6.30. The van der Waals surface area contributed by atoms with E-state index in [-0.39, 0.29) is 24.1 Å². The van der Waals surface area contributed by atoms with Gasteiger partial charge in [-0.3, -0.25) is 14.9 Å². The van der Waals surface area contributed by atoms with Gasteiger partial charge in [0, 0.05) is 22.8 Å². The molecule has 0 aliphatic carbocycles. The van der Waals surface area contributed by atoms with Crippen LogP contribution in [0.3, 0.4) is 0 Å². The van der Waals surface area contributed by atoms with Crippen molar-refractivity contribution in [3.05, 3.63) is 62.7 Å².